The Morgan fingerprint density at radius 1 is 1.41 bits per heavy atom. The normalized spacial score (nSPS) is 10.2. The molecule has 0 aliphatic heterocycles. The molecule has 2 rings (SSSR count). The van der Waals surface area contributed by atoms with E-state index < -0.39 is 5.97 Å². The molecule has 1 aromatic carbocycles. The molecule has 0 radical (unpaired) electrons. The highest BCUT2D eigenvalue weighted by Gasteiger charge is 2.13. The van der Waals surface area contributed by atoms with Gasteiger partial charge in [-0.25, -0.2) is 9.78 Å². The van der Waals surface area contributed by atoms with E-state index in [0.29, 0.717) is 16.5 Å². The SMILES string of the molecule is O=C(O)c1nc[nH]c1COc1ccc(Cl)cc1. The Balaban J connectivity index is 2.05. The number of nitrogens with zero attached hydrogens (tertiary/aromatic N) is 1. The molecule has 0 aliphatic carbocycles. The number of rotatable bonds is 4. The topological polar surface area (TPSA) is 75.2 Å². The number of carboxylic acid groups (broad SMARTS) is 1. The van der Waals surface area contributed by atoms with Gasteiger partial charge in [-0.05, 0) is 24.3 Å². The molecule has 1 heterocycles. The Morgan fingerprint density at radius 2 is 2.12 bits per heavy atom. The molecule has 88 valence electrons. The van der Waals surface area contributed by atoms with Crippen molar-refractivity contribution in [1.82, 2.24) is 9.97 Å². The second kappa shape index (κ2) is 4.88. The van der Waals surface area contributed by atoms with Gasteiger partial charge >= 0.3 is 5.97 Å². The molecule has 5 nitrogen and oxygen atoms in total. The summed E-state index contributed by atoms with van der Waals surface area (Å²) in [5.41, 5.74) is 0.395. The van der Waals surface area contributed by atoms with Crippen LogP contribution in [0.4, 0.5) is 0 Å². The van der Waals surface area contributed by atoms with Crippen molar-refractivity contribution in [3.8, 4) is 5.75 Å². The molecule has 0 amide bonds. The number of aromatic carboxylic acids is 1. The zero-order valence-electron chi connectivity index (χ0n) is 8.68. The molecule has 6 heteroatoms. The number of hydrogen-bond acceptors (Lipinski definition) is 3. The molecule has 0 saturated heterocycles. The first-order valence-corrected chi connectivity index (χ1v) is 5.18. The number of ether oxygens (including phenoxy) is 1. The van der Waals surface area contributed by atoms with Crippen LogP contribution in [0.1, 0.15) is 16.2 Å². The van der Waals surface area contributed by atoms with Crippen LogP contribution in [0, 0.1) is 0 Å². The number of halogens is 1. The van der Waals surface area contributed by atoms with Crippen molar-refractivity contribution >= 4 is 17.6 Å². The van der Waals surface area contributed by atoms with Gasteiger partial charge in [0.25, 0.3) is 0 Å². The molecule has 17 heavy (non-hydrogen) atoms. The molecule has 0 spiro atoms. The van der Waals surface area contributed by atoms with Crippen LogP contribution >= 0.6 is 11.6 Å². The Kier molecular flexibility index (Phi) is 3.30. The first-order valence-electron chi connectivity index (χ1n) is 4.80. The summed E-state index contributed by atoms with van der Waals surface area (Å²) in [6.07, 6.45) is 1.32. The standard InChI is InChI=1S/C11H9ClN2O3/c12-7-1-3-8(4-2-7)17-5-9-10(11(15)16)14-6-13-9/h1-4,6H,5H2,(H,13,14)(H,15,16). The Morgan fingerprint density at radius 3 is 2.76 bits per heavy atom. The van der Waals surface area contributed by atoms with Gasteiger partial charge in [-0.2, -0.15) is 0 Å². The monoisotopic (exact) mass is 252 g/mol. The lowest BCUT2D eigenvalue weighted by molar-refractivity contribution is 0.0688. The van der Waals surface area contributed by atoms with Gasteiger partial charge in [-0.3, -0.25) is 0 Å². The summed E-state index contributed by atoms with van der Waals surface area (Å²) in [7, 11) is 0. The number of imidazole rings is 1. The molecule has 0 saturated carbocycles. The number of carboxylic acids is 1. The summed E-state index contributed by atoms with van der Waals surface area (Å²) < 4.78 is 5.40. The van der Waals surface area contributed by atoms with E-state index in [-0.39, 0.29) is 12.3 Å². The first kappa shape index (κ1) is 11.5. The molecular formula is C11H9ClN2O3. The second-order valence-electron chi connectivity index (χ2n) is 3.28. The molecule has 0 unspecified atom stereocenters. The van der Waals surface area contributed by atoms with Gasteiger partial charge in [0.2, 0.25) is 0 Å². The number of aromatic amines is 1. The van der Waals surface area contributed by atoms with E-state index >= 15 is 0 Å². The third-order valence-electron chi connectivity index (χ3n) is 2.12. The van der Waals surface area contributed by atoms with Crippen molar-refractivity contribution in [2.75, 3.05) is 0 Å². The van der Waals surface area contributed by atoms with Crippen molar-refractivity contribution in [3.05, 3.63) is 47.0 Å². The second-order valence-corrected chi connectivity index (χ2v) is 3.71. The highest BCUT2D eigenvalue weighted by molar-refractivity contribution is 6.30. The van der Waals surface area contributed by atoms with Gasteiger partial charge in [0.05, 0.1) is 12.0 Å². The predicted molar refractivity (Wildman–Crippen MR) is 61.3 cm³/mol. The maximum Gasteiger partial charge on any atom is 0.356 e. The van der Waals surface area contributed by atoms with Gasteiger partial charge in [0.15, 0.2) is 5.69 Å². The van der Waals surface area contributed by atoms with Crippen LogP contribution in [-0.4, -0.2) is 21.0 Å². The van der Waals surface area contributed by atoms with Gasteiger partial charge in [-0.1, -0.05) is 11.6 Å². The quantitative estimate of drug-likeness (QED) is 0.876. The Hall–Kier alpha value is -2.01. The maximum atomic E-state index is 10.8. The Bertz CT molecular complexity index is 522. The summed E-state index contributed by atoms with van der Waals surface area (Å²) in [5.74, 6) is -0.471. The summed E-state index contributed by atoms with van der Waals surface area (Å²) in [6.45, 7) is 0.114. The van der Waals surface area contributed by atoms with E-state index in [1.54, 1.807) is 24.3 Å². The minimum atomic E-state index is -1.08. The third kappa shape index (κ3) is 2.76. The number of hydrogen-bond donors (Lipinski definition) is 2. The highest BCUT2D eigenvalue weighted by Crippen LogP contribution is 2.17. The van der Waals surface area contributed by atoms with Gasteiger partial charge in [0, 0.05) is 5.02 Å². The summed E-state index contributed by atoms with van der Waals surface area (Å²) >= 11 is 5.73. The van der Waals surface area contributed by atoms with Gasteiger partial charge in [-0.15, -0.1) is 0 Å². The third-order valence-corrected chi connectivity index (χ3v) is 2.37. The van der Waals surface area contributed by atoms with Gasteiger partial charge < -0.3 is 14.8 Å². The highest BCUT2D eigenvalue weighted by atomic mass is 35.5. The van der Waals surface area contributed by atoms with E-state index in [9.17, 15) is 4.79 Å². The number of benzene rings is 1. The average Bonchev–Trinajstić information content (AvgIpc) is 2.76. The number of nitrogens with one attached hydrogen (secondary N) is 1. The van der Waals surface area contributed by atoms with Crippen molar-refractivity contribution in [2.24, 2.45) is 0 Å². The zero-order valence-corrected chi connectivity index (χ0v) is 9.44. The maximum absolute atomic E-state index is 10.8. The number of carbonyl (C=O) groups is 1. The van der Waals surface area contributed by atoms with Crippen LogP contribution in [-0.2, 0) is 6.61 Å². The largest absolute Gasteiger partial charge is 0.487 e. The van der Waals surface area contributed by atoms with Crippen LogP contribution in [0.3, 0.4) is 0 Å². The molecule has 0 aliphatic rings. The van der Waals surface area contributed by atoms with Gasteiger partial charge in [0.1, 0.15) is 12.4 Å². The van der Waals surface area contributed by atoms with Crippen molar-refractivity contribution in [2.45, 2.75) is 6.61 Å². The smallest absolute Gasteiger partial charge is 0.356 e. The van der Waals surface area contributed by atoms with Crippen LogP contribution in [0.15, 0.2) is 30.6 Å². The minimum absolute atomic E-state index is 0.0287. The average molecular weight is 253 g/mol. The molecule has 2 N–H and O–H groups in total. The lowest BCUT2D eigenvalue weighted by Gasteiger charge is -2.05. The molecular weight excluding hydrogens is 244 g/mol. The molecule has 1 aromatic heterocycles. The number of aromatic nitrogens is 2. The number of H-pyrrole nitrogens is 1. The summed E-state index contributed by atoms with van der Waals surface area (Å²) in [6, 6.07) is 6.81. The summed E-state index contributed by atoms with van der Waals surface area (Å²) in [4.78, 5) is 17.2. The van der Waals surface area contributed by atoms with E-state index in [1.807, 2.05) is 0 Å². The van der Waals surface area contributed by atoms with E-state index in [2.05, 4.69) is 9.97 Å². The predicted octanol–water partition coefficient (Wildman–Crippen LogP) is 2.34. The van der Waals surface area contributed by atoms with Crippen molar-refractivity contribution in [1.29, 1.82) is 0 Å². The zero-order chi connectivity index (χ0) is 12.3. The van der Waals surface area contributed by atoms with E-state index in [4.69, 9.17) is 21.4 Å². The van der Waals surface area contributed by atoms with Crippen LogP contribution < -0.4 is 4.74 Å². The molecule has 2 aromatic rings. The van der Waals surface area contributed by atoms with Crippen LogP contribution in [0.25, 0.3) is 0 Å². The summed E-state index contributed by atoms with van der Waals surface area (Å²) in [5, 5.41) is 9.45. The Labute approximate surface area is 102 Å². The fourth-order valence-corrected chi connectivity index (χ4v) is 1.43. The molecule has 0 bridgehead atoms. The lowest BCUT2D eigenvalue weighted by atomic mass is 10.3. The first-order chi connectivity index (χ1) is 8.16. The van der Waals surface area contributed by atoms with Crippen LogP contribution in [0.5, 0.6) is 5.75 Å². The van der Waals surface area contributed by atoms with Crippen molar-refractivity contribution < 1.29 is 14.6 Å². The fourth-order valence-electron chi connectivity index (χ4n) is 1.30. The van der Waals surface area contributed by atoms with Crippen LogP contribution in [0.2, 0.25) is 5.02 Å². The minimum Gasteiger partial charge on any atom is -0.487 e. The lowest BCUT2D eigenvalue weighted by Crippen LogP contribution is -2.05. The fraction of sp³-hybridized carbons (Fsp3) is 0.0909. The van der Waals surface area contributed by atoms with E-state index in [1.165, 1.54) is 6.33 Å². The van der Waals surface area contributed by atoms with E-state index in [0.717, 1.165) is 0 Å². The molecule has 0 fully saturated rings. The van der Waals surface area contributed by atoms with Crippen molar-refractivity contribution in [3.63, 3.8) is 0 Å². The molecule has 0 atom stereocenters.